The summed E-state index contributed by atoms with van der Waals surface area (Å²) in [6, 6.07) is 14.7. The zero-order valence-corrected chi connectivity index (χ0v) is 21.9. The predicted molar refractivity (Wildman–Crippen MR) is 139 cm³/mol. The van der Waals surface area contributed by atoms with E-state index in [1.165, 1.54) is 18.2 Å². The summed E-state index contributed by atoms with van der Waals surface area (Å²) in [5.41, 5.74) is 2.52. The SMILES string of the molecule is O=C(O)c1ccc(CCn2c(CN3CCCC3c3ccc(F)cc3)c(Cl)cc(Cl)c2=O)cc1.O=CC(F)(F)F. The van der Waals surface area contributed by atoms with Crippen molar-refractivity contribution in [2.45, 2.75) is 44.6 Å². The van der Waals surface area contributed by atoms with Crippen molar-refractivity contribution in [3.63, 3.8) is 0 Å². The van der Waals surface area contributed by atoms with Crippen molar-refractivity contribution in [2.24, 2.45) is 0 Å². The van der Waals surface area contributed by atoms with Crippen molar-refractivity contribution in [3.8, 4) is 0 Å². The van der Waals surface area contributed by atoms with Crippen molar-refractivity contribution < 1.29 is 32.3 Å². The Morgan fingerprint density at radius 3 is 2.23 bits per heavy atom. The molecule has 6 nitrogen and oxygen atoms in total. The standard InChI is InChI=1S/C25H23Cl2FN2O3.C2HF3O/c26-20-14-21(27)24(31)30(13-11-16-3-5-18(6-4-16)25(32)33)23(20)15-29-12-1-2-22(29)17-7-9-19(28)10-8-17;3-2(4,5)1-6/h3-10,14,22H,1-2,11-13,15H2,(H,32,33);1H. The molecule has 0 bridgehead atoms. The largest absolute Gasteiger partial charge is 0.478 e. The van der Waals surface area contributed by atoms with Gasteiger partial charge in [0.05, 0.1) is 16.3 Å². The molecule has 1 saturated heterocycles. The van der Waals surface area contributed by atoms with Gasteiger partial charge in [-0.15, -0.1) is 0 Å². The van der Waals surface area contributed by atoms with E-state index in [9.17, 15) is 27.2 Å². The van der Waals surface area contributed by atoms with Crippen LogP contribution in [0.5, 0.6) is 0 Å². The minimum absolute atomic E-state index is 0.0569. The topological polar surface area (TPSA) is 79.6 Å². The van der Waals surface area contributed by atoms with Crippen LogP contribution in [0.1, 0.15) is 46.1 Å². The Bertz CT molecular complexity index is 1360. The Hall–Kier alpha value is -3.21. The van der Waals surface area contributed by atoms with Gasteiger partial charge < -0.3 is 9.67 Å². The molecule has 2 heterocycles. The molecule has 3 aromatic rings. The Balaban J connectivity index is 0.000000631. The maximum absolute atomic E-state index is 13.4. The van der Waals surface area contributed by atoms with Crippen LogP contribution in [-0.4, -0.2) is 39.6 Å². The highest BCUT2D eigenvalue weighted by Crippen LogP contribution is 2.34. The summed E-state index contributed by atoms with van der Waals surface area (Å²) in [6.07, 6.45) is -3.25. The van der Waals surface area contributed by atoms with E-state index in [0.29, 0.717) is 30.2 Å². The van der Waals surface area contributed by atoms with Crippen LogP contribution in [0.15, 0.2) is 59.4 Å². The number of aromatic carboxylic acids is 1. The van der Waals surface area contributed by atoms with Crippen LogP contribution in [0.25, 0.3) is 0 Å². The lowest BCUT2D eigenvalue weighted by Gasteiger charge is -2.27. The van der Waals surface area contributed by atoms with Gasteiger partial charge in [-0.1, -0.05) is 47.5 Å². The summed E-state index contributed by atoms with van der Waals surface area (Å²) < 4.78 is 46.2. The summed E-state index contributed by atoms with van der Waals surface area (Å²) >= 11 is 12.7. The second-order valence-electron chi connectivity index (χ2n) is 8.84. The zero-order chi connectivity index (χ0) is 28.7. The smallest absolute Gasteiger partial charge is 0.446 e. The molecule has 1 N–H and O–H groups in total. The highest BCUT2D eigenvalue weighted by atomic mass is 35.5. The molecular formula is C27H24Cl2F4N2O4. The summed E-state index contributed by atoms with van der Waals surface area (Å²) in [7, 11) is 0. The molecule has 1 fully saturated rings. The number of likely N-dealkylation sites (tertiary alicyclic amines) is 1. The van der Waals surface area contributed by atoms with Crippen molar-refractivity contribution in [2.75, 3.05) is 6.54 Å². The van der Waals surface area contributed by atoms with Crippen LogP contribution in [0.2, 0.25) is 10.0 Å². The van der Waals surface area contributed by atoms with Crippen LogP contribution in [0.3, 0.4) is 0 Å². The molecule has 0 amide bonds. The maximum Gasteiger partial charge on any atom is 0.446 e. The zero-order valence-electron chi connectivity index (χ0n) is 20.4. The Kier molecular flexibility index (Phi) is 10.3. The number of halogens is 6. The van der Waals surface area contributed by atoms with Gasteiger partial charge in [-0.2, -0.15) is 13.2 Å². The molecule has 0 saturated carbocycles. The van der Waals surface area contributed by atoms with Gasteiger partial charge in [0.2, 0.25) is 6.29 Å². The van der Waals surface area contributed by atoms with E-state index in [1.54, 1.807) is 41.0 Å². The van der Waals surface area contributed by atoms with E-state index in [2.05, 4.69) is 4.90 Å². The number of hydrogen-bond donors (Lipinski definition) is 1. The van der Waals surface area contributed by atoms with Crippen molar-refractivity contribution in [1.82, 2.24) is 9.47 Å². The minimum Gasteiger partial charge on any atom is -0.478 e. The predicted octanol–water partition coefficient (Wildman–Crippen LogP) is 6.32. The number of benzene rings is 2. The molecule has 12 heteroatoms. The molecule has 0 radical (unpaired) electrons. The van der Waals surface area contributed by atoms with Gasteiger partial charge >= 0.3 is 12.1 Å². The molecule has 1 unspecified atom stereocenters. The maximum atomic E-state index is 13.4. The lowest BCUT2D eigenvalue weighted by atomic mass is 10.0. The molecule has 1 aliphatic rings. The Morgan fingerprint density at radius 2 is 1.67 bits per heavy atom. The van der Waals surface area contributed by atoms with Gasteiger partial charge in [-0.05, 0) is 67.3 Å². The number of hydrogen-bond acceptors (Lipinski definition) is 4. The number of carbonyl (C=O) groups is 2. The normalized spacial score (nSPS) is 15.5. The first-order valence-corrected chi connectivity index (χ1v) is 12.6. The summed E-state index contributed by atoms with van der Waals surface area (Å²) in [6.45, 7) is 1.66. The Labute approximate surface area is 231 Å². The summed E-state index contributed by atoms with van der Waals surface area (Å²) in [4.78, 5) is 34.9. The molecule has 208 valence electrons. The number of pyridine rings is 1. The lowest BCUT2D eigenvalue weighted by Crippen LogP contribution is -2.31. The Morgan fingerprint density at radius 1 is 1.05 bits per heavy atom. The van der Waals surface area contributed by atoms with E-state index in [4.69, 9.17) is 33.1 Å². The average molecular weight is 587 g/mol. The van der Waals surface area contributed by atoms with Gasteiger partial charge in [0.25, 0.3) is 5.56 Å². The number of carbonyl (C=O) groups excluding carboxylic acids is 1. The van der Waals surface area contributed by atoms with Crippen LogP contribution in [0.4, 0.5) is 17.6 Å². The third-order valence-electron chi connectivity index (χ3n) is 6.23. The second-order valence-corrected chi connectivity index (χ2v) is 9.65. The van der Waals surface area contributed by atoms with E-state index in [1.807, 2.05) is 0 Å². The highest BCUT2D eigenvalue weighted by Gasteiger charge is 2.28. The average Bonchev–Trinajstić information content (AvgIpc) is 3.36. The van der Waals surface area contributed by atoms with Crippen molar-refractivity contribution in [1.29, 1.82) is 0 Å². The number of rotatable bonds is 7. The number of aromatic nitrogens is 1. The summed E-state index contributed by atoms with van der Waals surface area (Å²) in [5.74, 6) is -1.25. The van der Waals surface area contributed by atoms with Crippen molar-refractivity contribution in [3.05, 3.63) is 103 Å². The van der Waals surface area contributed by atoms with Crippen LogP contribution in [0, 0.1) is 5.82 Å². The number of carboxylic acid groups (broad SMARTS) is 1. The first-order valence-electron chi connectivity index (χ1n) is 11.8. The quantitative estimate of drug-likeness (QED) is 0.259. The van der Waals surface area contributed by atoms with Crippen molar-refractivity contribution >= 4 is 35.5 Å². The van der Waals surface area contributed by atoms with E-state index >= 15 is 0 Å². The van der Waals surface area contributed by atoms with Gasteiger partial charge in [-0.25, -0.2) is 9.18 Å². The fourth-order valence-corrected chi connectivity index (χ4v) is 4.90. The molecule has 1 aromatic heterocycles. The number of carboxylic acids is 1. The van der Waals surface area contributed by atoms with E-state index in [-0.39, 0.29) is 28.0 Å². The lowest BCUT2D eigenvalue weighted by molar-refractivity contribution is -0.156. The first-order chi connectivity index (χ1) is 18.4. The molecule has 0 spiro atoms. The molecule has 1 atom stereocenters. The third-order valence-corrected chi connectivity index (χ3v) is 6.83. The molecule has 4 rings (SSSR count). The fourth-order valence-electron chi connectivity index (χ4n) is 4.36. The monoisotopic (exact) mass is 586 g/mol. The van der Waals surface area contributed by atoms with Crippen LogP contribution < -0.4 is 5.56 Å². The first kappa shape index (κ1) is 30.3. The second kappa shape index (κ2) is 13.2. The van der Waals surface area contributed by atoms with E-state index < -0.39 is 18.4 Å². The third kappa shape index (κ3) is 8.39. The van der Waals surface area contributed by atoms with Gasteiger partial charge in [0, 0.05) is 19.1 Å². The van der Waals surface area contributed by atoms with Gasteiger partial charge in [0.1, 0.15) is 10.8 Å². The number of alkyl halides is 3. The fraction of sp³-hybridized carbons (Fsp3) is 0.296. The summed E-state index contributed by atoms with van der Waals surface area (Å²) in [5, 5.41) is 9.55. The number of aryl methyl sites for hydroxylation is 1. The highest BCUT2D eigenvalue weighted by molar-refractivity contribution is 6.34. The minimum atomic E-state index is -4.64. The molecule has 0 aliphatic carbocycles. The molecule has 39 heavy (non-hydrogen) atoms. The number of aldehydes is 1. The van der Waals surface area contributed by atoms with Gasteiger partial charge in [0.15, 0.2) is 0 Å². The number of nitrogens with zero attached hydrogens (tertiary/aromatic N) is 2. The van der Waals surface area contributed by atoms with Crippen LogP contribution in [-0.2, 0) is 24.3 Å². The molecule has 1 aliphatic heterocycles. The van der Waals surface area contributed by atoms with Gasteiger partial charge in [-0.3, -0.25) is 14.5 Å². The van der Waals surface area contributed by atoms with E-state index in [0.717, 1.165) is 30.5 Å². The molecule has 2 aromatic carbocycles. The van der Waals surface area contributed by atoms with Crippen LogP contribution >= 0.6 is 23.2 Å². The molecular weight excluding hydrogens is 563 g/mol.